The van der Waals surface area contributed by atoms with Crippen molar-refractivity contribution >= 4 is 0 Å². The average Bonchev–Trinajstić information content (AvgIpc) is 2.26. The van der Waals surface area contributed by atoms with E-state index in [1.165, 1.54) is 0 Å². The lowest BCUT2D eigenvalue weighted by molar-refractivity contribution is -0.609. The van der Waals surface area contributed by atoms with E-state index in [9.17, 15) is 22.0 Å². The molecule has 0 fully saturated rings. The van der Waals surface area contributed by atoms with Crippen LogP contribution in [0.4, 0.5) is 22.0 Å². The second-order valence-corrected chi connectivity index (χ2v) is 6.01. The number of benzene rings is 2. The van der Waals surface area contributed by atoms with E-state index in [1.807, 2.05) is 0 Å². The first-order chi connectivity index (χ1) is 8.49. The maximum atomic E-state index is 13.4. The molecule has 0 radical (unpaired) electrons. The highest BCUT2D eigenvalue weighted by molar-refractivity contribution is 5.09. The van der Waals surface area contributed by atoms with E-state index in [1.54, 1.807) is 0 Å². The Labute approximate surface area is 110 Å². The largest absolute Gasteiger partial charge is 0.370 e. The van der Waals surface area contributed by atoms with Crippen LogP contribution in [-0.4, -0.2) is 0 Å². The Hall–Kier alpha value is -1.18. The van der Waals surface area contributed by atoms with Gasteiger partial charge in [-0.3, -0.25) is 0 Å². The molecule has 0 N–H and O–H groups in total. The molecule has 94 valence electrons. The van der Waals surface area contributed by atoms with E-state index in [4.69, 9.17) is 0 Å². The van der Waals surface area contributed by atoms with Crippen LogP contribution in [0.3, 0.4) is 0 Å². The predicted octanol–water partition coefficient (Wildman–Crippen LogP) is 0.510. The van der Waals surface area contributed by atoms with E-state index in [-0.39, 0.29) is 3.57 Å². The number of hydrogen-bond acceptors (Lipinski definition) is 0. The first kappa shape index (κ1) is 13.3. The lowest BCUT2D eigenvalue weighted by Crippen LogP contribution is -3.62. The maximum Gasteiger partial charge on any atom is 0.370 e. The summed E-state index contributed by atoms with van der Waals surface area (Å²) in [7, 11) is 0. The van der Waals surface area contributed by atoms with E-state index < -0.39 is 53.9 Å². The summed E-state index contributed by atoms with van der Waals surface area (Å²) in [6.07, 6.45) is 0. The third-order valence-corrected chi connectivity index (χ3v) is 5.18. The third-order valence-electron chi connectivity index (χ3n) is 2.04. The van der Waals surface area contributed by atoms with Gasteiger partial charge in [-0.15, -0.1) is 0 Å². The molecule has 2 aromatic rings. The molecule has 18 heavy (non-hydrogen) atoms. The van der Waals surface area contributed by atoms with Crippen LogP contribution in [0.5, 0.6) is 0 Å². The summed E-state index contributed by atoms with van der Waals surface area (Å²) in [5, 5.41) is 0. The number of hydrogen-bond donors (Lipinski definition) is 0. The summed E-state index contributed by atoms with van der Waals surface area (Å²) in [4.78, 5) is 0. The molecule has 0 saturated carbocycles. The summed E-state index contributed by atoms with van der Waals surface area (Å²) in [6, 6.07) is 4.18. The van der Waals surface area contributed by atoms with Crippen molar-refractivity contribution in [2.75, 3.05) is 0 Å². The second kappa shape index (κ2) is 5.21. The number of rotatable bonds is 2. The Bertz CT molecular complexity index is 554. The fourth-order valence-electron chi connectivity index (χ4n) is 1.28. The molecule has 0 bridgehead atoms. The van der Waals surface area contributed by atoms with Crippen molar-refractivity contribution in [2.24, 2.45) is 0 Å². The van der Waals surface area contributed by atoms with Crippen LogP contribution >= 0.6 is 0 Å². The molecule has 2 aromatic carbocycles. The van der Waals surface area contributed by atoms with Crippen LogP contribution in [-0.2, 0) is 0 Å². The average molecular weight is 371 g/mol. The van der Waals surface area contributed by atoms with Crippen molar-refractivity contribution in [3.05, 3.63) is 66.6 Å². The van der Waals surface area contributed by atoms with Gasteiger partial charge in [-0.1, -0.05) is 6.07 Å². The minimum atomic E-state index is -1.74. The molecule has 0 unspecified atom stereocenters. The Kier molecular flexibility index (Phi) is 3.84. The van der Waals surface area contributed by atoms with Gasteiger partial charge in [0.05, 0.1) is 0 Å². The topological polar surface area (TPSA) is 0 Å². The first-order valence-corrected chi connectivity index (χ1v) is 6.88. The molecular formula is C12H5F5I+. The highest BCUT2D eigenvalue weighted by Gasteiger charge is 2.32. The van der Waals surface area contributed by atoms with E-state index >= 15 is 0 Å². The van der Waals surface area contributed by atoms with Gasteiger partial charge in [-0.2, -0.15) is 0 Å². The van der Waals surface area contributed by atoms with E-state index in [0.717, 1.165) is 18.2 Å². The highest BCUT2D eigenvalue weighted by Crippen LogP contribution is 2.07. The van der Waals surface area contributed by atoms with Crippen molar-refractivity contribution in [3.8, 4) is 0 Å². The van der Waals surface area contributed by atoms with Crippen molar-refractivity contribution in [2.45, 2.75) is 0 Å². The quantitative estimate of drug-likeness (QED) is 0.313. The number of halogens is 6. The molecular weight excluding hydrogens is 366 g/mol. The molecule has 0 aromatic heterocycles. The van der Waals surface area contributed by atoms with E-state index in [0.29, 0.717) is 12.1 Å². The van der Waals surface area contributed by atoms with Crippen molar-refractivity contribution < 1.29 is 43.2 Å². The standard InChI is InChI=1S/C12H5F5I/c13-6-4-9(16)12(10(17)5-6)18-11-7(14)2-1-3-8(11)15/h1-5H/q+1. The second-order valence-electron chi connectivity index (χ2n) is 3.31. The summed E-state index contributed by atoms with van der Waals surface area (Å²) >= 11 is -1.74. The molecule has 0 aliphatic heterocycles. The lowest BCUT2D eigenvalue weighted by Gasteiger charge is -1.95. The van der Waals surface area contributed by atoms with Gasteiger partial charge >= 0.3 is 21.2 Å². The van der Waals surface area contributed by atoms with Gasteiger partial charge < -0.3 is 0 Å². The smallest absolute Gasteiger partial charge is 0.207 e. The first-order valence-electron chi connectivity index (χ1n) is 4.72. The molecule has 2 rings (SSSR count). The van der Waals surface area contributed by atoms with Gasteiger partial charge in [0.2, 0.25) is 0 Å². The summed E-state index contributed by atoms with van der Waals surface area (Å²) in [6.45, 7) is 0. The zero-order valence-electron chi connectivity index (χ0n) is 8.65. The van der Waals surface area contributed by atoms with Crippen LogP contribution in [0.25, 0.3) is 0 Å². The highest BCUT2D eigenvalue weighted by atomic mass is 127. The normalized spacial score (nSPS) is 10.7. The van der Waals surface area contributed by atoms with E-state index in [2.05, 4.69) is 0 Å². The zero-order chi connectivity index (χ0) is 13.3. The Morgan fingerprint density at radius 1 is 0.667 bits per heavy atom. The lowest BCUT2D eigenvalue weighted by atomic mass is 10.3. The van der Waals surface area contributed by atoms with Crippen LogP contribution in [0.15, 0.2) is 30.3 Å². The van der Waals surface area contributed by atoms with Crippen molar-refractivity contribution in [1.29, 1.82) is 0 Å². The van der Waals surface area contributed by atoms with Crippen molar-refractivity contribution in [3.63, 3.8) is 0 Å². The molecule has 0 nitrogen and oxygen atoms in total. The SMILES string of the molecule is Fc1cc(F)c([I+]c2c(F)cccc2F)c(F)c1. The van der Waals surface area contributed by atoms with Crippen LogP contribution in [0.2, 0.25) is 0 Å². The summed E-state index contributed by atoms with van der Waals surface area (Å²) in [5.41, 5.74) is 0. The van der Waals surface area contributed by atoms with Crippen LogP contribution in [0, 0.1) is 36.2 Å². The minimum absolute atomic E-state index is 0.347. The minimum Gasteiger partial charge on any atom is -0.207 e. The fraction of sp³-hybridized carbons (Fsp3) is 0. The monoisotopic (exact) mass is 371 g/mol. The Morgan fingerprint density at radius 3 is 1.61 bits per heavy atom. The molecule has 0 aliphatic rings. The predicted molar refractivity (Wildman–Crippen MR) is 50.1 cm³/mol. The van der Waals surface area contributed by atoms with Crippen molar-refractivity contribution in [1.82, 2.24) is 0 Å². The van der Waals surface area contributed by atoms with Gasteiger partial charge in [-0.25, -0.2) is 22.0 Å². The zero-order valence-corrected chi connectivity index (χ0v) is 10.8. The third kappa shape index (κ3) is 2.63. The molecule has 0 atom stereocenters. The van der Waals surface area contributed by atoms with Gasteiger partial charge in [0.25, 0.3) is 7.14 Å². The molecule has 6 heteroatoms. The molecule has 0 spiro atoms. The maximum absolute atomic E-state index is 13.4. The van der Waals surface area contributed by atoms with Gasteiger partial charge in [0, 0.05) is 12.1 Å². The molecule has 0 heterocycles. The molecule has 0 saturated heterocycles. The van der Waals surface area contributed by atoms with Gasteiger partial charge in [0.1, 0.15) is 5.82 Å². The summed E-state index contributed by atoms with van der Waals surface area (Å²) < 4.78 is 65.3. The molecule has 0 amide bonds. The molecule has 0 aliphatic carbocycles. The Morgan fingerprint density at radius 2 is 1.11 bits per heavy atom. The van der Waals surface area contributed by atoms with Gasteiger partial charge in [0.15, 0.2) is 23.3 Å². The summed E-state index contributed by atoms with van der Waals surface area (Å²) in [5.74, 6) is -5.02. The van der Waals surface area contributed by atoms with Crippen LogP contribution < -0.4 is 21.2 Å². The van der Waals surface area contributed by atoms with Gasteiger partial charge in [-0.05, 0) is 12.1 Å². The fourth-order valence-corrected chi connectivity index (χ4v) is 3.52. The Balaban J connectivity index is 2.47. The van der Waals surface area contributed by atoms with Crippen LogP contribution in [0.1, 0.15) is 0 Å².